The van der Waals surface area contributed by atoms with Gasteiger partial charge in [-0.05, 0) is 37.7 Å². The quantitative estimate of drug-likeness (QED) is 0.681. The van der Waals surface area contributed by atoms with Crippen molar-refractivity contribution in [2.24, 2.45) is 5.92 Å². The first kappa shape index (κ1) is 20.6. The maximum atomic E-state index is 12.3. The molecule has 28 heavy (non-hydrogen) atoms. The molecule has 2 heterocycles. The summed E-state index contributed by atoms with van der Waals surface area (Å²) in [6.07, 6.45) is 6.78. The van der Waals surface area contributed by atoms with E-state index in [1.165, 1.54) is 7.11 Å². The smallest absolute Gasteiger partial charge is 0.341 e. The number of carbonyl (C=O) groups excluding carboxylic acids is 1. The van der Waals surface area contributed by atoms with E-state index in [4.69, 9.17) is 4.74 Å². The van der Waals surface area contributed by atoms with Crippen molar-refractivity contribution < 1.29 is 17.9 Å². The Balaban J connectivity index is 1.78. The minimum atomic E-state index is -3.20. The van der Waals surface area contributed by atoms with Crippen molar-refractivity contribution in [2.45, 2.75) is 38.6 Å². The topological polar surface area (TPSA) is 104 Å². The van der Waals surface area contributed by atoms with E-state index in [2.05, 4.69) is 19.6 Å². The minimum absolute atomic E-state index is 0.165. The summed E-state index contributed by atoms with van der Waals surface area (Å²) in [5.41, 5.74) is 1.97. The van der Waals surface area contributed by atoms with Crippen LogP contribution in [0.3, 0.4) is 0 Å². The molecule has 9 heteroatoms. The molecule has 1 saturated carbocycles. The van der Waals surface area contributed by atoms with Crippen molar-refractivity contribution in [3.63, 3.8) is 0 Å². The zero-order chi connectivity index (χ0) is 20.3. The number of esters is 1. The Kier molecular flexibility index (Phi) is 6.24. The Morgan fingerprint density at radius 2 is 2.07 bits per heavy atom. The van der Waals surface area contributed by atoms with E-state index in [-0.39, 0.29) is 17.7 Å². The number of aromatic amines is 1. The third-order valence-electron chi connectivity index (χ3n) is 5.50. The van der Waals surface area contributed by atoms with E-state index < -0.39 is 16.0 Å². The highest BCUT2D eigenvalue weighted by molar-refractivity contribution is 7.89. The lowest BCUT2D eigenvalue weighted by atomic mass is 9.86. The molecule has 0 amide bonds. The van der Waals surface area contributed by atoms with Crippen LogP contribution in [-0.2, 0) is 14.8 Å². The molecule has 3 rings (SSSR count). The molecule has 0 atom stereocenters. The van der Waals surface area contributed by atoms with Gasteiger partial charge in [-0.15, -0.1) is 0 Å². The van der Waals surface area contributed by atoms with Crippen LogP contribution in [-0.4, -0.2) is 56.9 Å². The summed E-state index contributed by atoms with van der Waals surface area (Å²) in [5, 5.41) is 0.877. The third kappa shape index (κ3) is 4.30. The van der Waals surface area contributed by atoms with Gasteiger partial charge in [0.15, 0.2) is 0 Å². The number of fused-ring (bicyclic) bond motifs is 1. The molecule has 0 aromatic carbocycles. The lowest BCUT2D eigenvalue weighted by molar-refractivity contribution is 0.0601. The summed E-state index contributed by atoms with van der Waals surface area (Å²) in [5.74, 6) is -0.0662. The number of anilines is 1. The number of aromatic nitrogens is 2. The van der Waals surface area contributed by atoms with E-state index in [0.717, 1.165) is 42.4 Å². The monoisotopic (exact) mass is 408 g/mol. The zero-order valence-electron chi connectivity index (χ0n) is 16.6. The second-order valence-corrected chi connectivity index (χ2v) is 9.17. The Morgan fingerprint density at radius 3 is 2.71 bits per heavy atom. The van der Waals surface area contributed by atoms with E-state index in [1.54, 1.807) is 19.3 Å². The lowest BCUT2D eigenvalue weighted by Crippen LogP contribution is -2.38. The number of nitrogens with zero attached hydrogens (tertiary/aromatic N) is 2. The second-order valence-electron chi connectivity index (χ2n) is 7.32. The van der Waals surface area contributed by atoms with Gasteiger partial charge in [0.05, 0.1) is 18.6 Å². The predicted molar refractivity (Wildman–Crippen MR) is 109 cm³/mol. The molecule has 0 spiro atoms. The van der Waals surface area contributed by atoms with Gasteiger partial charge in [0.25, 0.3) is 0 Å². The molecule has 0 radical (unpaired) electrons. The van der Waals surface area contributed by atoms with Crippen molar-refractivity contribution in [1.29, 1.82) is 0 Å². The SMILES string of the molecule is CCNS(=O)(=O)C[C@H]1CC[C@H](N(C)c2c(C(=O)OC)cnc3[nH]ccc23)CC1. The number of methoxy groups -OCH3 is 1. The Bertz CT molecular complexity index is 933. The summed E-state index contributed by atoms with van der Waals surface area (Å²) in [7, 11) is 0.144. The summed E-state index contributed by atoms with van der Waals surface area (Å²) >= 11 is 0. The van der Waals surface area contributed by atoms with Crippen molar-refractivity contribution in [1.82, 2.24) is 14.7 Å². The molecule has 2 aromatic rings. The van der Waals surface area contributed by atoms with Gasteiger partial charge in [0, 0.05) is 37.4 Å². The molecule has 2 aromatic heterocycles. The zero-order valence-corrected chi connectivity index (χ0v) is 17.4. The van der Waals surface area contributed by atoms with Gasteiger partial charge in [-0.3, -0.25) is 0 Å². The minimum Gasteiger partial charge on any atom is -0.465 e. The number of pyridine rings is 1. The van der Waals surface area contributed by atoms with Crippen LogP contribution in [0, 0.1) is 5.92 Å². The first-order valence-corrected chi connectivity index (χ1v) is 11.3. The number of sulfonamides is 1. The fraction of sp³-hybridized carbons (Fsp3) is 0.579. The maximum Gasteiger partial charge on any atom is 0.341 e. The molecule has 0 unspecified atom stereocenters. The second kappa shape index (κ2) is 8.48. The number of rotatable bonds is 7. The summed E-state index contributed by atoms with van der Waals surface area (Å²) < 4.78 is 31.6. The maximum absolute atomic E-state index is 12.3. The number of nitrogens with one attached hydrogen (secondary N) is 2. The van der Waals surface area contributed by atoms with Gasteiger partial charge in [0.2, 0.25) is 10.0 Å². The first-order chi connectivity index (χ1) is 13.4. The van der Waals surface area contributed by atoms with Crippen LogP contribution in [0.5, 0.6) is 0 Å². The number of H-pyrrole nitrogens is 1. The summed E-state index contributed by atoms with van der Waals surface area (Å²) in [6.45, 7) is 2.21. The molecule has 8 nitrogen and oxygen atoms in total. The van der Waals surface area contributed by atoms with Crippen LogP contribution in [0.15, 0.2) is 18.5 Å². The normalized spacial score (nSPS) is 20.2. The molecule has 0 saturated heterocycles. The van der Waals surface area contributed by atoms with Gasteiger partial charge in [-0.2, -0.15) is 0 Å². The van der Waals surface area contributed by atoms with Gasteiger partial charge in [0.1, 0.15) is 11.2 Å². The van der Waals surface area contributed by atoms with Crippen molar-refractivity contribution in [3.05, 3.63) is 24.0 Å². The van der Waals surface area contributed by atoms with Crippen molar-refractivity contribution in [3.8, 4) is 0 Å². The molecule has 1 fully saturated rings. The van der Waals surface area contributed by atoms with E-state index in [0.29, 0.717) is 12.1 Å². The Morgan fingerprint density at radius 1 is 1.36 bits per heavy atom. The van der Waals surface area contributed by atoms with Crippen LogP contribution in [0.1, 0.15) is 43.0 Å². The number of hydrogen-bond acceptors (Lipinski definition) is 6. The summed E-state index contributed by atoms with van der Waals surface area (Å²) in [4.78, 5) is 21.8. The van der Waals surface area contributed by atoms with Crippen LogP contribution >= 0.6 is 0 Å². The average molecular weight is 409 g/mol. The van der Waals surface area contributed by atoms with Crippen molar-refractivity contribution in [2.75, 3.05) is 31.4 Å². The first-order valence-electron chi connectivity index (χ1n) is 9.60. The van der Waals surface area contributed by atoms with Crippen LogP contribution in [0.25, 0.3) is 11.0 Å². The van der Waals surface area contributed by atoms with E-state index in [1.807, 2.05) is 13.1 Å². The predicted octanol–water partition coefficient (Wildman–Crippen LogP) is 2.28. The van der Waals surface area contributed by atoms with Crippen LogP contribution < -0.4 is 9.62 Å². The van der Waals surface area contributed by atoms with Crippen LogP contribution in [0.4, 0.5) is 5.69 Å². The molecular formula is C19H28N4O4S. The molecule has 1 aliphatic carbocycles. The molecule has 154 valence electrons. The highest BCUT2D eigenvalue weighted by atomic mass is 32.2. The Labute approximate surface area is 165 Å². The molecule has 2 N–H and O–H groups in total. The third-order valence-corrected chi connectivity index (χ3v) is 7.14. The van der Waals surface area contributed by atoms with E-state index >= 15 is 0 Å². The van der Waals surface area contributed by atoms with Crippen molar-refractivity contribution >= 4 is 32.7 Å². The highest BCUT2D eigenvalue weighted by Crippen LogP contribution is 2.35. The van der Waals surface area contributed by atoms with Gasteiger partial charge in [-0.25, -0.2) is 22.9 Å². The van der Waals surface area contributed by atoms with Gasteiger partial charge >= 0.3 is 5.97 Å². The molecule has 1 aliphatic rings. The fourth-order valence-corrected chi connectivity index (χ4v) is 5.62. The molecule has 0 aliphatic heterocycles. The van der Waals surface area contributed by atoms with E-state index in [9.17, 15) is 13.2 Å². The molecular weight excluding hydrogens is 380 g/mol. The van der Waals surface area contributed by atoms with Gasteiger partial charge in [-0.1, -0.05) is 6.92 Å². The lowest BCUT2D eigenvalue weighted by Gasteiger charge is -2.36. The Hall–Kier alpha value is -2.13. The largest absolute Gasteiger partial charge is 0.465 e. The number of hydrogen-bond donors (Lipinski definition) is 2. The standard InChI is InChI=1S/C19H28N4O4S/c1-4-22-28(25,26)12-13-5-7-14(8-6-13)23(2)17-15-9-10-20-18(15)21-11-16(17)19(24)27-3/h9-11,13-14,22H,4-8,12H2,1-3H3,(H,20,21)/t13-,14-. The highest BCUT2D eigenvalue weighted by Gasteiger charge is 2.30. The fourth-order valence-electron chi connectivity index (χ4n) is 4.10. The number of ether oxygens (including phenoxy) is 1. The average Bonchev–Trinajstić information content (AvgIpc) is 3.15. The molecule has 0 bridgehead atoms. The number of carbonyl (C=O) groups is 1. The van der Waals surface area contributed by atoms with Crippen LogP contribution in [0.2, 0.25) is 0 Å². The van der Waals surface area contributed by atoms with Gasteiger partial charge < -0.3 is 14.6 Å². The summed E-state index contributed by atoms with van der Waals surface area (Å²) in [6, 6.07) is 2.14.